The molecule has 0 spiro atoms. The van der Waals surface area contributed by atoms with Gasteiger partial charge in [0.1, 0.15) is 24.5 Å². The fourth-order valence-corrected chi connectivity index (χ4v) is 4.04. The third-order valence-electron chi connectivity index (χ3n) is 5.68. The Labute approximate surface area is 187 Å². The Morgan fingerprint density at radius 2 is 1.84 bits per heavy atom. The highest BCUT2D eigenvalue weighted by atomic mass is 19.1. The minimum atomic E-state index is -0.451. The number of ether oxygens (including phenoxy) is 1. The van der Waals surface area contributed by atoms with Gasteiger partial charge in [-0.15, -0.1) is 0 Å². The summed E-state index contributed by atoms with van der Waals surface area (Å²) in [4.78, 5) is 23.7. The molecular weight excluding hydrogens is 407 g/mol. The van der Waals surface area contributed by atoms with Crippen molar-refractivity contribution in [2.45, 2.75) is 26.7 Å². The average molecular weight is 435 g/mol. The normalized spacial score (nSPS) is 13.8. The number of aryl methyl sites for hydroxylation is 2. The molecule has 166 valence electrons. The lowest BCUT2D eigenvalue weighted by Gasteiger charge is -2.18. The van der Waals surface area contributed by atoms with Gasteiger partial charge >= 0.3 is 0 Å². The van der Waals surface area contributed by atoms with Crippen LogP contribution in [0.15, 0.2) is 48.8 Å². The van der Waals surface area contributed by atoms with E-state index in [1.54, 1.807) is 12.1 Å². The zero-order chi connectivity index (χ0) is 22.5. The van der Waals surface area contributed by atoms with Gasteiger partial charge < -0.3 is 10.1 Å². The number of benzene rings is 2. The second kappa shape index (κ2) is 9.87. The first-order valence-corrected chi connectivity index (χ1v) is 10.9. The average Bonchev–Trinajstić information content (AvgIpc) is 3.28. The largest absolute Gasteiger partial charge is 0.492 e. The third-order valence-corrected chi connectivity index (χ3v) is 5.68. The lowest BCUT2D eigenvalue weighted by Crippen LogP contribution is -2.25. The first kappa shape index (κ1) is 21.9. The summed E-state index contributed by atoms with van der Waals surface area (Å²) in [6, 6.07) is 11.1. The smallest absolute Gasteiger partial charge is 0.255 e. The highest BCUT2D eigenvalue weighted by Gasteiger charge is 2.17. The van der Waals surface area contributed by atoms with E-state index in [9.17, 15) is 9.18 Å². The Hall–Kier alpha value is -3.32. The second-order valence-electron chi connectivity index (χ2n) is 7.99. The number of halogens is 1. The van der Waals surface area contributed by atoms with Crippen molar-refractivity contribution >= 4 is 11.6 Å². The van der Waals surface area contributed by atoms with Gasteiger partial charge in [0, 0.05) is 40.3 Å². The van der Waals surface area contributed by atoms with E-state index in [0.29, 0.717) is 18.0 Å². The zero-order valence-corrected chi connectivity index (χ0v) is 18.4. The van der Waals surface area contributed by atoms with Crippen LogP contribution in [0.3, 0.4) is 0 Å². The third kappa shape index (κ3) is 5.11. The molecule has 0 unspecified atom stereocenters. The molecule has 1 aromatic heterocycles. The molecule has 1 fully saturated rings. The maximum atomic E-state index is 13.5. The summed E-state index contributed by atoms with van der Waals surface area (Å²) in [6.07, 6.45) is 4.02. The number of hydrogen-bond donors (Lipinski definition) is 1. The Bertz CT molecular complexity index is 1090. The van der Waals surface area contributed by atoms with Crippen molar-refractivity contribution < 1.29 is 13.9 Å². The van der Waals surface area contributed by atoms with Crippen LogP contribution in [0.25, 0.3) is 11.1 Å². The van der Waals surface area contributed by atoms with Crippen LogP contribution in [0.4, 0.5) is 10.1 Å². The van der Waals surface area contributed by atoms with E-state index in [1.807, 2.05) is 26.0 Å². The van der Waals surface area contributed by atoms with Gasteiger partial charge in [0.05, 0.1) is 0 Å². The number of amides is 1. The quantitative estimate of drug-likeness (QED) is 0.587. The molecule has 3 aromatic rings. The van der Waals surface area contributed by atoms with E-state index < -0.39 is 5.82 Å². The van der Waals surface area contributed by atoms with Gasteiger partial charge in [-0.3, -0.25) is 9.69 Å². The Morgan fingerprint density at radius 1 is 1.09 bits per heavy atom. The molecule has 4 rings (SSSR count). The Balaban J connectivity index is 1.61. The van der Waals surface area contributed by atoms with Crippen LogP contribution >= 0.6 is 0 Å². The Morgan fingerprint density at radius 3 is 2.56 bits per heavy atom. The fraction of sp³-hybridized carbons (Fsp3) is 0.320. The molecule has 0 aliphatic carbocycles. The summed E-state index contributed by atoms with van der Waals surface area (Å²) in [6.45, 7) is 7.54. The highest BCUT2D eigenvalue weighted by Crippen LogP contribution is 2.35. The highest BCUT2D eigenvalue weighted by molar-refractivity contribution is 6.04. The molecule has 0 atom stereocenters. The summed E-state index contributed by atoms with van der Waals surface area (Å²) in [7, 11) is 0. The summed E-state index contributed by atoms with van der Waals surface area (Å²) in [5, 5.41) is 2.85. The van der Waals surface area contributed by atoms with Gasteiger partial charge in [-0.2, -0.15) is 0 Å². The van der Waals surface area contributed by atoms with Crippen LogP contribution in [0.2, 0.25) is 0 Å². The monoisotopic (exact) mass is 434 g/mol. The van der Waals surface area contributed by atoms with E-state index in [1.165, 1.54) is 37.4 Å². The molecule has 1 aliphatic rings. The SMILES string of the molecule is Cc1ncnc(C)c1-c1cc(NC(=O)c2cccc(F)c2)ccc1OCCN1CCCC1. The van der Waals surface area contributed by atoms with Gasteiger partial charge in [-0.25, -0.2) is 14.4 Å². The van der Waals surface area contributed by atoms with Crippen molar-refractivity contribution in [2.75, 3.05) is 31.6 Å². The number of rotatable bonds is 7. The number of likely N-dealkylation sites (tertiary alicyclic amines) is 1. The van der Waals surface area contributed by atoms with Crippen molar-refractivity contribution in [1.82, 2.24) is 14.9 Å². The second-order valence-corrected chi connectivity index (χ2v) is 7.99. The lowest BCUT2D eigenvalue weighted by molar-refractivity contribution is 0.102. The standard InChI is InChI=1S/C25H27FN4O2/c1-17-24(18(2)28-16-27-17)22-15-21(29-25(31)19-6-5-7-20(26)14-19)8-9-23(22)32-13-12-30-10-3-4-11-30/h5-9,14-16H,3-4,10-13H2,1-2H3,(H,29,31). The first-order chi connectivity index (χ1) is 15.5. The van der Waals surface area contributed by atoms with E-state index in [4.69, 9.17) is 4.74 Å². The van der Waals surface area contributed by atoms with Crippen molar-refractivity contribution in [3.8, 4) is 16.9 Å². The maximum absolute atomic E-state index is 13.5. The van der Waals surface area contributed by atoms with E-state index in [-0.39, 0.29) is 11.5 Å². The summed E-state index contributed by atoms with van der Waals surface area (Å²) >= 11 is 0. The number of anilines is 1. The number of hydrogen-bond acceptors (Lipinski definition) is 5. The fourth-order valence-electron chi connectivity index (χ4n) is 4.04. The summed E-state index contributed by atoms with van der Waals surface area (Å²) in [5.41, 5.74) is 4.20. The van der Waals surface area contributed by atoms with Crippen LogP contribution in [0.5, 0.6) is 5.75 Å². The van der Waals surface area contributed by atoms with E-state index in [2.05, 4.69) is 20.2 Å². The van der Waals surface area contributed by atoms with Crippen LogP contribution in [0.1, 0.15) is 34.6 Å². The molecule has 7 heteroatoms. The van der Waals surface area contributed by atoms with E-state index in [0.717, 1.165) is 42.1 Å². The molecule has 2 aromatic carbocycles. The van der Waals surface area contributed by atoms with Crippen molar-refractivity contribution in [1.29, 1.82) is 0 Å². The predicted molar refractivity (Wildman–Crippen MR) is 122 cm³/mol. The molecular formula is C25H27FN4O2. The predicted octanol–water partition coefficient (Wildman–Crippen LogP) is 4.63. The lowest BCUT2D eigenvalue weighted by atomic mass is 10.0. The van der Waals surface area contributed by atoms with Gasteiger partial charge in [-0.1, -0.05) is 6.07 Å². The molecule has 0 saturated carbocycles. The molecule has 1 aliphatic heterocycles. The van der Waals surface area contributed by atoms with Gasteiger partial charge in [0.25, 0.3) is 5.91 Å². The van der Waals surface area contributed by atoms with Crippen LogP contribution in [-0.2, 0) is 0 Å². The van der Waals surface area contributed by atoms with Crippen LogP contribution in [-0.4, -0.2) is 47.0 Å². The number of carbonyl (C=O) groups excluding carboxylic acids is 1. The molecule has 1 amide bonds. The summed E-state index contributed by atoms with van der Waals surface area (Å²) < 4.78 is 19.7. The van der Waals surface area contributed by atoms with Crippen molar-refractivity contribution in [2.24, 2.45) is 0 Å². The molecule has 0 bridgehead atoms. The minimum absolute atomic E-state index is 0.257. The van der Waals surface area contributed by atoms with Gasteiger partial charge in [0.15, 0.2) is 0 Å². The van der Waals surface area contributed by atoms with Crippen LogP contribution < -0.4 is 10.1 Å². The van der Waals surface area contributed by atoms with Crippen molar-refractivity contribution in [3.05, 3.63) is 71.6 Å². The maximum Gasteiger partial charge on any atom is 0.255 e. The Kier molecular flexibility index (Phi) is 6.75. The van der Waals surface area contributed by atoms with Gasteiger partial charge in [-0.05, 0) is 76.2 Å². The molecule has 1 saturated heterocycles. The number of nitrogens with zero attached hydrogens (tertiary/aromatic N) is 3. The summed E-state index contributed by atoms with van der Waals surface area (Å²) in [5.74, 6) is -0.113. The van der Waals surface area contributed by atoms with Crippen molar-refractivity contribution in [3.63, 3.8) is 0 Å². The molecule has 0 radical (unpaired) electrons. The number of aromatic nitrogens is 2. The molecule has 2 heterocycles. The molecule has 6 nitrogen and oxygen atoms in total. The van der Waals surface area contributed by atoms with E-state index >= 15 is 0 Å². The van der Waals surface area contributed by atoms with Gasteiger partial charge in [0.2, 0.25) is 0 Å². The zero-order valence-electron chi connectivity index (χ0n) is 18.4. The topological polar surface area (TPSA) is 67.3 Å². The first-order valence-electron chi connectivity index (χ1n) is 10.9. The minimum Gasteiger partial charge on any atom is -0.492 e. The molecule has 32 heavy (non-hydrogen) atoms. The number of nitrogens with one attached hydrogen (secondary N) is 1. The van der Waals surface area contributed by atoms with Crippen LogP contribution in [0, 0.1) is 19.7 Å². The number of carbonyl (C=O) groups is 1. The molecule has 1 N–H and O–H groups in total.